The SMILES string of the molecule is Cl.O=C(NC1CCNCC1)C(Sc1ccc(F)cc1F)c1ccccc1. The Labute approximate surface area is 162 Å². The Morgan fingerprint density at radius 2 is 1.81 bits per heavy atom. The third-order valence-corrected chi connectivity index (χ3v) is 5.47. The summed E-state index contributed by atoms with van der Waals surface area (Å²) in [5.41, 5.74) is 0.794. The molecular weight excluding hydrogens is 378 g/mol. The van der Waals surface area contributed by atoms with Crippen LogP contribution in [0.1, 0.15) is 23.7 Å². The molecule has 3 rings (SSSR count). The molecule has 0 radical (unpaired) electrons. The number of carbonyl (C=O) groups excluding carboxylic acids is 1. The lowest BCUT2D eigenvalue weighted by Gasteiger charge is -2.26. The Morgan fingerprint density at radius 3 is 2.46 bits per heavy atom. The van der Waals surface area contributed by atoms with Gasteiger partial charge in [-0.2, -0.15) is 0 Å². The number of nitrogens with one attached hydrogen (secondary N) is 2. The van der Waals surface area contributed by atoms with Crippen molar-refractivity contribution in [3.05, 3.63) is 65.7 Å². The molecule has 1 atom stereocenters. The number of carbonyl (C=O) groups is 1. The maximum absolute atomic E-state index is 14.0. The van der Waals surface area contributed by atoms with E-state index in [2.05, 4.69) is 10.6 Å². The highest BCUT2D eigenvalue weighted by Crippen LogP contribution is 2.37. The zero-order chi connectivity index (χ0) is 17.6. The third-order valence-electron chi connectivity index (χ3n) is 4.16. The highest BCUT2D eigenvalue weighted by Gasteiger charge is 2.26. The summed E-state index contributed by atoms with van der Waals surface area (Å²) in [6.45, 7) is 1.75. The van der Waals surface area contributed by atoms with Crippen LogP contribution in [0, 0.1) is 11.6 Å². The molecule has 0 bridgehead atoms. The molecule has 1 fully saturated rings. The van der Waals surface area contributed by atoms with Crippen LogP contribution in [0.2, 0.25) is 0 Å². The van der Waals surface area contributed by atoms with E-state index in [1.165, 1.54) is 12.1 Å². The number of hydrogen-bond acceptors (Lipinski definition) is 3. The van der Waals surface area contributed by atoms with Crippen LogP contribution in [0.25, 0.3) is 0 Å². The number of hydrogen-bond donors (Lipinski definition) is 2. The van der Waals surface area contributed by atoms with Crippen molar-refractivity contribution in [2.45, 2.75) is 29.0 Å². The molecule has 2 aromatic carbocycles. The molecule has 1 unspecified atom stereocenters. The number of piperidine rings is 1. The van der Waals surface area contributed by atoms with Gasteiger partial charge in [0.1, 0.15) is 16.9 Å². The Kier molecular flexibility index (Phi) is 7.87. The minimum atomic E-state index is -0.652. The van der Waals surface area contributed by atoms with Crippen LogP contribution in [-0.2, 0) is 4.79 Å². The molecule has 1 saturated heterocycles. The molecule has 2 N–H and O–H groups in total. The molecule has 2 aromatic rings. The van der Waals surface area contributed by atoms with Crippen molar-refractivity contribution in [3.8, 4) is 0 Å². The van der Waals surface area contributed by atoms with Crippen LogP contribution in [0.15, 0.2) is 53.4 Å². The van der Waals surface area contributed by atoms with Gasteiger partial charge in [-0.15, -0.1) is 24.2 Å². The van der Waals surface area contributed by atoms with Crippen LogP contribution in [-0.4, -0.2) is 25.0 Å². The van der Waals surface area contributed by atoms with Crippen LogP contribution in [0.4, 0.5) is 8.78 Å². The largest absolute Gasteiger partial charge is 0.352 e. The fraction of sp³-hybridized carbons (Fsp3) is 0.316. The van der Waals surface area contributed by atoms with Crippen LogP contribution < -0.4 is 10.6 Å². The monoisotopic (exact) mass is 398 g/mol. The molecule has 3 nitrogen and oxygen atoms in total. The first-order valence-corrected chi connectivity index (χ1v) is 9.19. The van der Waals surface area contributed by atoms with Gasteiger partial charge in [0.2, 0.25) is 5.91 Å². The molecule has 1 aliphatic rings. The standard InChI is InChI=1S/C19H20F2N2OS.ClH/c20-14-6-7-17(16(21)12-14)25-18(13-4-2-1-3-5-13)19(24)23-15-8-10-22-11-9-15;/h1-7,12,15,18,22H,8-11H2,(H,23,24);1H. The summed E-state index contributed by atoms with van der Waals surface area (Å²) in [6.07, 6.45) is 1.76. The van der Waals surface area contributed by atoms with Gasteiger partial charge < -0.3 is 10.6 Å². The van der Waals surface area contributed by atoms with Gasteiger partial charge in [-0.25, -0.2) is 8.78 Å². The van der Waals surface area contributed by atoms with Gasteiger partial charge in [-0.05, 0) is 43.6 Å². The fourth-order valence-electron chi connectivity index (χ4n) is 2.84. The van der Waals surface area contributed by atoms with Crippen molar-refractivity contribution in [1.82, 2.24) is 10.6 Å². The van der Waals surface area contributed by atoms with Gasteiger partial charge in [-0.3, -0.25) is 4.79 Å². The lowest BCUT2D eigenvalue weighted by atomic mass is 10.1. The number of thioether (sulfide) groups is 1. The first kappa shape index (κ1) is 20.7. The predicted octanol–water partition coefficient (Wildman–Crippen LogP) is 4.09. The van der Waals surface area contributed by atoms with E-state index in [1.807, 2.05) is 30.3 Å². The second kappa shape index (κ2) is 9.90. The van der Waals surface area contributed by atoms with E-state index < -0.39 is 16.9 Å². The van der Waals surface area contributed by atoms with Crippen molar-refractivity contribution in [2.75, 3.05) is 13.1 Å². The van der Waals surface area contributed by atoms with Gasteiger partial charge in [0.05, 0.1) is 0 Å². The van der Waals surface area contributed by atoms with E-state index in [0.29, 0.717) is 0 Å². The highest BCUT2D eigenvalue weighted by atomic mass is 35.5. The topological polar surface area (TPSA) is 41.1 Å². The maximum atomic E-state index is 14.0. The Morgan fingerprint density at radius 1 is 1.12 bits per heavy atom. The Hall–Kier alpha value is -1.63. The third kappa shape index (κ3) is 5.43. The molecule has 0 aromatic heterocycles. The molecule has 0 spiro atoms. The van der Waals surface area contributed by atoms with Crippen LogP contribution >= 0.6 is 24.2 Å². The zero-order valence-corrected chi connectivity index (χ0v) is 15.7. The molecule has 0 aliphatic carbocycles. The summed E-state index contributed by atoms with van der Waals surface area (Å²) in [5.74, 6) is -1.43. The maximum Gasteiger partial charge on any atom is 0.238 e. The van der Waals surface area contributed by atoms with E-state index >= 15 is 0 Å². The van der Waals surface area contributed by atoms with Crippen LogP contribution in [0.5, 0.6) is 0 Å². The average Bonchev–Trinajstić information content (AvgIpc) is 2.62. The van der Waals surface area contributed by atoms with E-state index in [9.17, 15) is 13.6 Å². The summed E-state index contributed by atoms with van der Waals surface area (Å²) < 4.78 is 27.2. The quantitative estimate of drug-likeness (QED) is 0.745. The lowest BCUT2D eigenvalue weighted by molar-refractivity contribution is -0.121. The molecule has 1 amide bonds. The van der Waals surface area contributed by atoms with E-state index in [-0.39, 0.29) is 29.3 Å². The smallest absolute Gasteiger partial charge is 0.238 e. The zero-order valence-electron chi connectivity index (χ0n) is 14.1. The van der Waals surface area contributed by atoms with Crippen molar-refractivity contribution >= 4 is 30.1 Å². The molecule has 1 heterocycles. The highest BCUT2D eigenvalue weighted by molar-refractivity contribution is 8.00. The van der Waals surface area contributed by atoms with Crippen LogP contribution in [0.3, 0.4) is 0 Å². The second-order valence-corrected chi connectivity index (χ2v) is 7.16. The number of amides is 1. The minimum absolute atomic E-state index is 0. The number of rotatable bonds is 5. The van der Waals surface area contributed by atoms with Gasteiger partial charge in [0.15, 0.2) is 0 Å². The van der Waals surface area contributed by atoms with Crippen molar-refractivity contribution in [3.63, 3.8) is 0 Å². The minimum Gasteiger partial charge on any atom is -0.352 e. The Bertz CT molecular complexity index is 727. The summed E-state index contributed by atoms with van der Waals surface area (Å²) >= 11 is 1.10. The van der Waals surface area contributed by atoms with Gasteiger partial charge in [0, 0.05) is 17.0 Å². The lowest BCUT2D eigenvalue weighted by Crippen LogP contribution is -2.44. The van der Waals surface area contributed by atoms with E-state index in [4.69, 9.17) is 0 Å². The van der Waals surface area contributed by atoms with Gasteiger partial charge in [-0.1, -0.05) is 30.3 Å². The summed E-state index contributed by atoms with van der Waals surface area (Å²) in [6, 6.07) is 12.8. The van der Waals surface area contributed by atoms with Crippen molar-refractivity contribution < 1.29 is 13.6 Å². The normalized spacial score (nSPS) is 15.8. The molecule has 0 saturated carbocycles. The van der Waals surface area contributed by atoms with Gasteiger partial charge >= 0.3 is 0 Å². The second-order valence-electron chi connectivity index (χ2n) is 6.02. The summed E-state index contributed by atoms with van der Waals surface area (Å²) in [5, 5.41) is 5.75. The molecular formula is C19H21ClF2N2OS. The molecule has 1 aliphatic heterocycles. The van der Waals surface area contributed by atoms with Crippen molar-refractivity contribution in [1.29, 1.82) is 0 Å². The fourth-order valence-corrected chi connectivity index (χ4v) is 3.88. The average molecular weight is 399 g/mol. The summed E-state index contributed by atoms with van der Waals surface area (Å²) in [4.78, 5) is 13.1. The molecule has 7 heteroatoms. The number of benzene rings is 2. The predicted molar refractivity (Wildman–Crippen MR) is 103 cm³/mol. The Balaban J connectivity index is 0.00000243. The molecule has 26 heavy (non-hydrogen) atoms. The first-order valence-electron chi connectivity index (χ1n) is 8.31. The van der Waals surface area contributed by atoms with E-state index in [0.717, 1.165) is 49.3 Å². The number of halogens is 3. The van der Waals surface area contributed by atoms with Gasteiger partial charge in [0.25, 0.3) is 0 Å². The summed E-state index contributed by atoms with van der Waals surface area (Å²) in [7, 11) is 0. The first-order chi connectivity index (χ1) is 12.1. The molecule has 140 valence electrons. The van der Waals surface area contributed by atoms with Crippen molar-refractivity contribution in [2.24, 2.45) is 0 Å². The van der Waals surface area contributed by atoms with E-state index in [1.54, 1.807) is 0 Å².